The molecule has 0 atom stereocenters. The summed E-state index contributed by atoms with van der Waals surface area (Å²) in [4.78, 5) is 23.2. The van der Waals surface area contributed by atoms with Gasteiger partial charge in [-0.15, -0.1) is 0 Å². The van der Waals surface area contributed by atoms with Crippen molar-refractivity contribution in [3.63, 3.8) is 0 Å². The summed E-state index contributed by atoms with van der Waals surface area (Å²) in [5.74, 6) is 0.790. The third-order valence-electron chi connectivity index (χ3n) is 3.88. The minimum atomic E-state index is -0.0949. The molecule has 0 unspecified atom stereocenters. The number of nitrogens with zero attached hydrogens (tertiary/aromatic N) is 3. The zero-order valence-electron chi connectivity index (χ0n) is 15.0. The summed E-state index contributed by atoms with van der Waals surface area (Å²) < 4.78 is 6.34. The van der Waals surface area contributed by atoms with Gasteiger partial charge in [0, 0.05) is 18.7 Å². The molecule has 134 valence electrons. The van der Waals surface area contributed by atoms with Gasteiger partial charge >= 0.3 is 0 Å². The molecule has 2 N–H and O–H groups in total. The zero-order valence-corrected chi connectivity index (χ0v) is 16.6. The molecule has 0 saturated heterocycles. The lowest BCUT2D eigenvalue weighted by molar-refractivity contribution is 0.0772. The van der Waals surface area contributed by atoms with E-state index >= 15 is 0 Å². The van der Waals surface area contributed by atoms with Crippen LogP contribution in [0.1, 0.15) is 36.8 Å². The van der Waals surface area contributed by atoms with Gasteiger partial charge in [0.2, 0.25) is 5.95 Å². The highest BCUT2D eigenvalue weighted by atomic mass is 79.9. The number of halogens is 1. The van der Waals surface area contributed by atoms with E-state index in [-0.39, 0.29) is 11.9 Å². The van der Waals surface area contributed by atoms with Crippen molar-refractivity contribution < 1.29 is 9.53 Å². The Morgan fingerprint density at radius 1 is 1.24 bits per heavy atom. The van der Waals surface area contributed by atoms with Crippen molar-refractivity contribution in [1.82, 2.24) is 14.9 Å². The van der Waals surface area contributed by atoms with E-state index in [1.165, 1.54) is 0 Å². The number of aromatic nitrogens is 2. The molecule has 0 spiro atoms. The molecule has 7 heteroatoms. The van der Waals surface area contributed by atoms with E-state index in [0.717, 1.165) is 15.8 Å². The highest BCUT2D eigenvalue weighted by molar-refractivity contribution is 9.10. The molecular formula is C18H23BrN4O2. The van der Waals surface area contributed by atoms with Gasteiger partial charge in [-0.3, -0.25) is 4.79 Å². The number of hydrogen-bond acceptors (Lipinski definition) is 5. The van der Waals surface area contributed by atoms with Crippen LogP contribution in [0.25, 0.3) is 11.3 Å². The lowest BCUT2D eigenvalue weighted by Gasteiger charge is -2.21. The predicted octanol–water partition coefficient (Wildman–Crippen LogP) is 3.68. The first kappa shape index (κ1) is 19.2. The van der Waals surface area contributed by atoms with Crippen molar-refractivity contribution in [2.24, 2.45) is 0 Å². The third kappa shape index (κ3) is 4.10. The van der Waals surface area contributed by atoms with Gasteiger partial charge in [-0.25, -0.2) is 9.97 Å². The standard InChI is InChI=1S/C18H23BrN4O2/c1-5-23(6-2)17(24)15-11(4)21-18(20)22-16(15)12-8-9-14(25-7-3)13(19)10-12/h8-10H,5-7H2,1-4H3,(H2,20,21,22). The van der Waals surface area contributed by atoms with Crippen LogP contribution in [-0.4, -0.2) is 40.5 Å². The second-order valence-corrected chi connectivity index (χ2v) is 6.30. The van der Waals surface area contributed by atoms with E-state index in [4.69, 9.17) is 10.5 Å². The fourth-order valence-electron chi connectivity index (χ4n) is 2.65. The Morgan fingerprint density at radius 3 is 2.48 bits per heavy atom. The monoisotopic (exact) mass is 406 g/mol. The number of amides is 1. The number of ether oxygens (including phenoxy) is 1. The van der Waals surface area contributed by atoms with Gasteiger partial charge in [0.05, 0.1) is 28.0 Å². The second kappa shape index (κ2) is 8.29. The Kier molecular flexibility index (Phi) is 6.36. The van der Waals surface area contributed by atoms with Crippen molar-refractivity contribution in [1.29, 1.82) is 0 Å². The van der Waals surface area contributed by atoms with Crippen LogP contribution in [0.3, 0.4) is 0 Å². The van der Waals surface area contributed by atoms with E-state index in [2.05, 4.69) is 25.9 Å². The van der Waals surface area contributed by atoms with Gasteiger partial charge in [-0.1, -0.05) is 0 Å². The highest BCUT2D eigenvalue weighted by Crippen LogP contribution is 2.32. The summed E-state index contributed by atoms with van der Waals surface area (Å²) >= 11 is 3.51. The fraction of sp³-hybridized carbons (Fsp3) is 0.389. The Balaban J connectivity index is 2.61. The summed E-state index contributed by atoms with van der Waals surface area (Å²) in [6, 6.07) is 5.60. The number of carbonyl (C=O) groups is 1. The zero-order chi connectivity index (χ0) is 18.6. The molecule has 1 amide bonds. The molecule has 0 saturated carbocycles. The summed E-state index contributed by atoms with van der Waals surface area (Å²) in [7, 11) is 0. The van der Waals surface area contributed by atoms with Gasteiger partial charge in [0.25, 0.3) is 5.91 Å². The summed E-state index contributed by atoms with van der Waals surface area (Å²) in [6.45, 7) is 9.40. The van der Waals surface area contributed by atoms with Gasteiger partial charge in [-0.2, -0.15) is 0 Å². The van der Waals surface area contributed by atoms with Crippen molar-refractivity contribution in [3.8, 4) is 17.0 Å². The quantitative estimate of drug-likeness (QED) is 0.790. The number of carbonyl (C=O) groups excluding carboxylic acids is 1. The molecule has 0 aliphatic carbocycles. The second-order valence-electron chi connectivity index (χ2n) is 5.45. The van der Waals surface area contributed by atoms with Crippen molar-refractivity contribution in [3.05, 3.63) is 33.9 Å². The smallest absolute Gasteiger partial charge is 0.257 e. The maximum absolute atomic E-state index is 13.0. The molecule has 6 nitrogen and oxygen atoms in total. The molecule has 0 aliphatic heterocycles. The summed E-state index contributed by atoms with van der Waals surface area (Å²) in [5, 5.41) is 0. The SMILES string of the molecule is CCOc1ccc(-c2nc(N)nc(C)c2C(=O)N(CC)CC)cc1Br. The molecule has 1 aromatic heterocycles. The van der Waals surface area contributed by atoms with Crippen LogP contribution >= 0.6 is 15.9 Å². The lowest BCUT2D eigenvalue weighted by Crippen LogP contribution is -2.32. The molecule has 2 rings (SSSR count). The average molecular weight is 407 g/mol. The van der Waals surface area contributed by atoms with Crippen LogP contribution in [0.2, 0.25) is 0 Å². The number of anilines is 1. The first-order valence-electron chi connectivity index (χ1n) is 8.28. The minimum Gasteiger partial charge on any atom is -0.493 e. The van der Waals surface area contributed by atoms with E-state index in [0.29, 0.717) is 36.6 Å². The van der Waals surface area contributed by atoms with Crippen LogP contribution < -0.4 is 10.5 Å². The van der Waals surface area contributed by atoms with Crippen molar-refractivity contribution >= 4 is 27.8 Å². The minimum absolute atomic E-state index is 0.0949. The van der Waals surface area contributed by atoms with Crippen molar-refractivity contribution in [2.75, 3.05) is 25.4 Å². The molecule has 25 heavy (non-hydrogen) atoms. The van der Waals surface area contributed by atoms with Gasteiger partial charge in [0.1, 0.15) is 5.75 Å². The number of benzene rings is 1. The Morgan fingerprint density at radius 2 is 1.92 bits per heavy atom. The molecule has 0 fully saturated rings. The van der Waals surface area contributed by atoms with Crippen LogP contribution in [-0.2, 0) is 0 Å². The first-order valence-corrected chi connectivity index (χ1v) is 9.08. The predicted molar refractivity (Wildman–Crippen MR) is 103 cm³/mol. The molecule has 0 radical (unpaired) electrons. The Bertz CT molecular complexity index is 776. The molecule has 0 bridgehead atoms. The van der Waals surface area contributed by atoms with Crippen LogP contribution in [0.4, 0.5) is 5.95 Å². The van der Waals surface area contributed by atoms with Crippen LogP contribution in [0.5, 0.6) is 5.75 Å². The molecule has 2 aromatic rings. The average Bonchev–Trinajstić information content (AvgIpc) is 2.57. The van der Waals surface area contributed by atoms with E-state index < -0.39 is 0 Å². The molecule has 1 heterocycles. The molecule has 1 aromatic carbocycles. The first-order chi connectivity index (χ1) is 11.9. The lowest BCUT2D eigenvalue weighted by atomic mass is 10.0. The third-order valence-corrected chi connectivity index (χ3v) is 4.50. The van der Waals surface area contributed by atoms with Crippen LogP contribution in [0, 0.1) is 6.92 Å². The Hall–Kier alpha value is -2.15. The molecular weight excluding hydrogens is 384 g/mol. The van der Waals surface area contributed by atoms with Crippen molar-refractivity contribution in [2.45, 2.75) is 27.7 Å². The number of nitrogens with two attached hydrogens (primary N) is 1. The van der Waals surface area contributed by atoms with E-state index in [1.807, 2.05) is 39.0 Å². The largest absolute Gasteiger partial charge is 0.493 e. The number of aryl methyl sites for hydroxylation is 1. The Labute approximate surface area is 156 Å². The summed E-state index contributed by atoms with van der Waals surface area (Å²) in [6.07, 6.45) is 0. The molecule has 0 aliphatic rings. The van der Waals surface area contributed by atoms with Crippen LogP contribution in [0.15, 0.2) is 22.7 Å². The fourth-order valence-corrected chi connectivity index (χ4v) is 3.14. The van der Waals surface area contributed by atoms with Gasteiger partial charge in [-0.05, 0) is 61.8 Å². The maximum Gasteiger partial charge on any atom is 0.257 e. The number of hydrogen-bond donors (Lipinski definition) is 1. The maximum atomic E-state index is 13.0. The van der Waals surface area contributed by atoms with E-state index in [1.54, 1.807) is 11.8 Å². The number of rotatable bonds is 6. The van der Waals surface area contributed by atoms with Gasteiger partial charge < -0.3 is 15.4 Å². The summed E-state index contributed by atoms with van der Waals surface area (Å²) in [5.41, 5.74) is 8.21. The van der Waals surface area contributed by atoms with E-state index in [9.17, 15) is 4.79 Å². The topological polar surface area (TPSA) is 81.3 Å². The normalized spacial score (nSPS) is 10.6. The highest BCUT2D eigenvalue weighted by Gasteiger charge is 2.23. The van der Waals surface area contributed by atoms with Gasteiger partial charge in [0.15, 0.2) is 0 Å². The number of nitrogen functional groups attached to an aromatic ring is 1.